The van der Waals surface area contributed by atoms with Crippen molar-refractivity contribution >= 4 is 15.8 Å². The van der Waals surface area contributed by atoms with Crippen LogP contribution in [-0.2, 0) is 14.8 Å². The van der Waals surface area contributed by atoms with Gasteiger partial charge in [0.1, 0.15) is 16.5 Å². The highest BCUT2D eigenvalue weighted by molar-refractivity contribution is 7.89. The second kappa shape index (κ2) is 9.58. The summed E-state index contributed by atoms with van der Waals surface area (Å²) in [4.78, 5) is 8.84. The summed E-state index contributed by atoms with van der Waals surface area (Å²) >= 11 is 0. The second-order valence-corrected chi connectivity index (χ2v) is 9.66. The third kappa shape index (κ3) is 5.21. The molecule has 4 rings (SSSR count). The van der Waals surface area contributed by atoms with E-state index in [2.05, 4.69) is 14.8 Å². The van der Waals surface area contributed by atoms with E-state index in [1.54, 1.807) is 24.3 Å². The fourth-order valence-electron chi connectivity index (χ4n) is 3.84. The Morgan fingerprint density at radius 3 is 2.29 bits per heavy atom. The molecule has 0 amide bonds. The van der Waals surface area contributed by atoms with Gasteiger partial charge in [-0.2, -0.15) is 4.31 Å². The first-order valence-electron chi connectivity index (χ1n) is 10.4. The van der Waals surface area contributed by atoms with E-state index in [1.807, 2.05) is 0 Å². The molecular formula is C21H27FN4O4S. The molecule has 1 unspecified atom stereocenters. The number of rotatable bonds is 6. The standard InChI is InChI=1S/C21H27FN4O4S/c22-18-3-1-17(2-4-18)20(27)16-24-7-9-25(10-8-24)21-6-5-19(15-23-21)31(28,29)26-11-13-30-14-12-26/h1-6,15,20,27H,7-14,16H2. The molecule has 2 aliphatic rings. The van der Waals surface area contributed by atoms with E-state index in [-0.39, 0.29) is 10.7 Å². The summed E-state index contributed by atoms with van der Waals surface area (Å²) in [6.07, 6.45) is 0.750. The summed E-state index contributed by atoms with van der Waals surface area (Å²) in [5.74, 6) is 0.417. The average molecular weight is 451 g/mol. The number of aliphatic hydroxyl groups is 1. The molecule has 2 aromatic rings. The quantitative estimate of drug-likeness (QED) is 0.705. The molecule has 0 saturated carbocycles. The molecule has 10 heteroatoms. The number of halogens is 1. The van der Waals surface area contributed by atoms with Gasteiger partial charge < -0.3 is 14.7 Å². The Kier molecular flexibility index (Phi) is 6.83. The molecule has 3 heterocycles. The SMILES string of the molecule is O=S(=O)(c1ccc(N2CCN(CC(O)c3ccc(F)cc3)CC2)nc1)N1CCOCC1. The number of benzene rings is 1. The summed E-state index contributed by atoms with van der Waals surface area (Å²) in [5, 5.41) is 10.4. The number of β-amino-alcohol motifs (C(OH)–C–C–N with tert-alkyl or cyclic N) is 1. The van der Waals surface area contributed by atoms with Crippen molar-refractivity contribution in [3.63, 3.8) is 0 Å². The minimum Gasteiger partial charge on any atom is -0.387 e. The van der Waals surface area contributed by atoms with Gasteiger partial charge >= 0.3 is 0 Å². The fraction of sp³-hybridized carbons (Fsp3) is 0.476. The van der Waals surface area contributed by atoms with Crippen molar-refractivity contribution in [2.24, 2.45) is 0 Å². The first-order valence-corrected chi connectivity index (χ1v) is 11.8. The highest BCUT2D eigenvalue weighted by atomic mass is 32.2. The number of hydrogen-bond acceptors (Lipinski definition) is 7. The van der Waals surface area contributed by atoms with Crippen molar-refractivity contribution in [1.29, 1.82) is 0 Å². The van der Waals surface area contributed by atoms with Crippen LogP contribution < -0.4 is 4.90 Å². The maximum atomic E-state index is 13.1. The number of aromatic nitrogens is 1. The van der Waals surface area contributed by atoms with Crippen LogP contribution >= 0.6 is 0 Å². The molecule has 2 saturated heterocycles. The highest BCUT2D eigenvalue weighted by Gasteiger charge is 2.27. The van der Waals surface area contributed by atoms with Crippen LogP contribution in [0, 0.1) is 5.82 Å². The van der Waals surface area contributed by atoms with Crippen LogP contribution in [0.5, 0.6) is 0 Å². The lowest BCUT2D eigenvalue weighted by molar-refractivity contribution is 0.0730. The number of piperazine rings is 1. The fourth-order valence-corrected chi connectivity index (χ4v) is 5.20. The molecule has 168 valence electrons. The zero-order valence-electron chi connectivity index (χ0n) is 17.2. The lowest BCUT2D eigenvalue weighted by Crippen LogP contribution is -2.47. The Morgan fingerprint density at radius 2 is 1.68 bits per heavy atom. The topological polar surface area (TPSA) is 86.2 Å². The third-order valence-electron chi connectivity index (χ3n) is 5.71. The number of pyridine rings is 1. The summed E-state index contributed by atoms with van der Waals surface area (Å²) in [7, 11) is -3.55. The Bertz CT molecular complexity index is 958. The first-order chi connectivity index (χ1) is 14.9. The van der Waals surface area contributed by atoms with Gasteiger partial charge in [0.15, 0.2) is 0 Å². The van der Waals surface area contributed by atoms with Gasteiger partial charge in [0, 0.05) is 52.0 Å². The number of nitrogens with zero attached hydrogens (tertiary/aromatic N) is 4. The van der Waals surface area contributed by atoms with Crippen LogP contribution in [-0.4, -0.2) is 86.7 Å². The number of ether oxygens (including phenoxy) is 1. The molecule has 1 aromatic heterocycles. The van der Waals surface area contributed by atoms with Gasteiger partial charge in [-0.15, -0.1) is 0 Å². The summed E-state index contributed by atoms with van der Waals surface area (Å²) in [6, 6.07) is 9.27. The average Bonchev–Trinajstić information content (AvgIpc) is 2.81. The molecule has 0 aliphatic carbocycles. The minimum atomic E-state index is -3.55. The predicted octanol–water partition coefficient (Wildman–Crippen LogP) is 1.10. The maximum Gasteiger partial charge on any atom is 0.244 e. The summed E-state index contributed by atoms with van der Waals surface area (Å²) in [5.41, 5.74) is 0.697. The van der Waals surface area contributed by atoms with Crippen molar-refractivity contribution < 1.29 is 22.7 Å². The van der Waals surface area contributed by atoms with Crippen molar-refractivity contribution in [2.75, 3.05) is 63.9 Å². The van der Waals surface area contributed by atoms with E-state index in [1.165, 1.54) is 22.6 Å². The number of hydrogen-bond donors (Lipinski definition) is 1. The van der Waals surface area contributed by atoms with Gasteiger partial charge in [-0.3, -0.25) is 4.90 Å². The highest BCUT2D eigenvalue weighted by Crippen LogP contribution is 2.21. The van der Waals surface area contributed by atoms with Gasteiger partial charge in [-0.05, 0) is 29.8 Å². The monoisotopic (exact) mass is 450 g/mol. The minimum absolute atomic E-state index is 0.194. The number of sulfonamides is 1. The lowest BCUT2D eigenvalue weighted by Gasteiger charge is -2.36. The number of morpholine rings is 1. The molecular weight excluding hydrogens is 423 g/mol. The van der Waals surface area contributed by atoms with Gasteiger partial charge in [0.25, 0.3) is 0 Å². The van der Waals surface area contributed by atoms with Crippen LogP contribution in [0.15, 0.2) is 47.5 Å². The van der Waals surface area contributed by atoms with Gasteiger partial charge in [-0.25, -0.2) is 17.8 Å². The normalized spacial score (nSPS) is 20.0. The van der Waals surface area contributed by atoms with E-state index in [0.717, 1.165) is 32.0 Å². The van der Waals surface area contributed by atoms with E-state index < -0.39 is 16.1 Å². The van der Waals surface area contributed by atoms with E-state index in [9.17, 15) is 17.9 Å². The van der Waals surface area contributed by atoms with Crippen molar-refractivity contribution in [3.05, 3.63) is 54.0 Å². The molecule has 31 heavy (non-hydrogen) atoms. The lowest BCUT2D eigenvalue weighted by atomic mass is 10.1. The zero-order valence-corrected chi connectivity index (χ0v) is 18.0. The maximum absolute atomic E-state index is 13.1. The molecule has 0 spiro atoms. The summed E-state index contributed by atoms with van der Waals surface area (Å²) < 4.78 is 45.2. The predicted molar refractivity (Wildman–Crippen MR) is 114 cm³/mol. The van der Waals surface area contributed by atoms with E-state index in [0.29, 0.717) is 38.4 Å². The van der Waals surface area contributed by atoms with Gasteiger partial charge in [0.2, 0.25) is 10.0 Å². The Morgan fingerprint density at radius 1 is 1.00 bits per heavy atom. The zero-order chi connectivity index (χ0) is 21.8. The second-order valence-electron chi connectivity index (χ2n) is 7.72. The van der Waals surface area contributed by atoms with Crippen LogP contribution in [0.3, 0.4) is 0 Å². The molecule has 2 fully saturated rings. The molecule has 0 radical (unpaired) electrons. The van der Waals surface area contributed by atoms with Crippen LogP contribution in [0.2, 0.25) is 0 Å². The molecule has 1 N–H and O–H groups in total. The third-order valence-corrected chi connectivity index (χ3v) is 7.59. The Hall–Kier alpha value is -2.11. The van der Waals surface area contributed by atoms with Crippen LogP contribution in [0.1, 0.15) is 11.7 Å². The Labute approximate surface area is 181 Å². The van der Waals surface area contributed by atoms with Crippen LogP contribution in [0.4, 0.5) is 10.2 Å². The van der Waals surface area contributed by atoms with E-state index in [4.69, 9.17) is 4.74 Å². The largest absolute Gasteiger partial charge is 0.387 e. The van der Waals surface area contributed by atoms with Crippen molar-refractivity contribution in [3.8, 4) is 0 Å². The molecule has 1 atom stereocenters. The number of anilines is 1. The molecule has 1 aromatic carbocycles. The van der Waals surface area contributed by atoms with Crippen LogP contribution in [0.25, 0.3) is 0 Å². The van der Waals surface area contributed by atoms with Crippen molar-refractivity contribution in [2.45, 2.75) is 11.0 Å². The Balaban J connectivity index is 1.32. The molecule has 8 nitrogen and oxygen atoms in total. The van der Waals surface area contributed by atoms with Crippen molar-refractivity contribution in [1.82, 2.24) is 14.2 Å². The van der Waals surface area contributed by atoms with Gasteiger partial charge in [0.05, 0.1) is 19.3 Å². The smallest absolute Gasteiger partial charge is 0.244 e. The van der Waals surface area contributed by atoms with Gasteiger partial charge in [-0.1, -0.05) is 12.1 Å². The van der Waals surface area contributed by atoms with E-state index >= 15 is 0 Å². The first kappa shape index (κ1) is 22.1. The summed E-state index contributed by atoms with van der Waals surface area (Å²) in [6.45, 7) is 4.93. The molecule has 0 bridgehead atoms. The molecule has 2 aliphatic heterocycles. The number of aliphatic hydroxyl groups excluding tert-OH is 1.